The Labute approximate surface area is 106 Å². The minimum absolute atomic E-state index is 0.0701. The smallest absolute Gasteiger partial charge is 0.340 e. The first kappa shape index (κ1) is 12.9. The first-order valence-corrected chi connectivity index (χ1v) is 5.36. The first-order chi connectivity index (χ1) is 7.56. The lowest BCUT2D eigenvalue weighted by molar-refractivity contribution is 0.0691. The molecule has 0 fully saturated rings. The Bertz CT molecular complexity index is 416. The fourth-order valence-corrected chi connectivity index (χ4v) is 2.08. The molecule has 6 heteroatoms. The van der Waals surface area contributed by atoms with Crippen LogP contribution < -0.4 is 14.2 Å². The number of benzene rings is 1. The summed E-state index contributed by atoms with van der Waals surface area (Å²) in [6.45, 7) is 0. The average Bonchev–Trinajstić information content (AvgIpc) is 2.26. The molecular formula is C10H11IO5. The van der Waals surface area contributed by atoms with Crippen LogP contribution in [0.25, 0.3) is 0 Å². The Kier molecular flexibility index (Phi) is 4.22. The van der Waals surface area contributed by atoms with E-state index in [4.69, 9.17) is 19.3 Å². The van der Waals surface area contributed by atoms with Crippen molar-refractivity contribution in [1.82, 2.24) is 0 Å². The summed E-state index contributed by atoms with van der Waals surface area (Å²) in [5.41, 5.74) is 0.0701. The Morgan fingerprint density at radius 1 is 1.19 bits per heavy atom. The summed E-state index contributed by atoms with van der Waals surface area (Å²) in [5.74, 6) is -0.183. The van der Waals surface area contributed by atoms with Gasteiger partial charge >= 0.3 is 5.97 Å². The van der Waals surface area contributed by atoms with E-state index < -0.39 is 5.97 Å². The van der Waals surface area contributed by atoms with Crippen molar-refractivity contribution < 1.29 is 24.1 Å². The maximum absolute atomic E-state index is 11.1. The zero-order valence-electron chi connectivity index (χ0n) is 9.04. The standard InChI is InChI=1S/C10H11IO5/c1-14-6-4-5(11)7(10(12)13)9(16-3)8(6)15-2/h4H,1-3H3,(H,12,13). The number of hydrogen-bond acceptors (Lipinski definition) is 4. The molecule has 1 aromatic rings. The molecule has 5 nitrogen and oxygen atoms in total. The van der Waals surface area contributed by atoms with Crippen molar-refractivity contribution in [2.45, 2.75) is 0 Å². The lowest BCUT2D eigenvalue weighted by Crippen LogP contribution is -2.06. The van der Waals surface area contributed by atoms with Gasteiger partial charge in [0.15, 0.2) is 11.5 Å². The molecule has 0 heterocycles. The molecule has 0 aliphatic carbocycles. The molecule has 1 aromatic carbocycles. The fourth-order valence-electron chi connectivity index (χ4n) is 1.33. The van der Waals surface area contributed by atoms with Crippen LogP contribution in [0.15, 0.2) is 6.07 Å². The van der Waals surface area contributed by atoms with Crippen molar-refractivity contribution in [1.29, 1.82) is 0 Å². The number of halogens is 1. The fraction of sp³-hybridized carbons (Fsp3) is 0.300. The van der Waals surface area contributed by atoms with Gasteiger partial charge in [0.25, 0.3) is 0 Å². The third-order valence-electron chi connectivity index (χ3n) is 2.00. The number of carboxylic acid groups (broad SMARTS) is 1. The molecule has 0 radical (unpaired) electrons. The van der Waals surface area contributed by atoms with E-state index in [9.17, 15) is 4.79 Å². The minimum atomic E-state index is -1.07. The lowest BCUT2D eigenvalue weighted by atomic mass is 10.1. The van der Waals surface area contributed by atoms with Crippen LogP contribution in [0.3, 0.4) is 0 Å². The van der Waals surface area contributed by atoms with Crippen molar-refractivity contribution in [2.24, 2.45) is 0 Å². The van der Waals surface area contributed by atoms with Crippen LogP contribution in [0.1, 0.15) is 10.4 Å². The Balaban J connectivity index is 3.57. The van der Waals surface area contributed by atoms with E-state index in [2.05, 4.69) is 0 Å². The maximum atomic E-state index is 11.1. The number of aromatic carboxylic acids is 1. The highest BCUT2D eigenvalue weighted by atomic mass is 127. The molecule has 0 saturated carbocycles. The van der Waals surface area contributed by atoms with Crippen molar-refractivity contribution in [3.8, 4) is 17.2 Å². The Hall–Kier alpha value is -1.18. The van der Waals surface area contributed by atoms with Crippen molar-refractivity contribution in [3.63, 3.8) is 0 Å². The Morgan fingerprint density at radius 2 is 1.75 bits per heavy atom. The molecular weight excluding hydrogens is 327 g/mol. The topological polar surface area (TPSA) is 65.0 Å². The number of hydrogen-bond donors (Lipinski definition) is 1. The summed E-state index contributed by atoms with van der Waals surface area (Å²) in [6.07, 6.45) is 0. The summed E-state index contributed by atoms with van der Waals surface area (Å²) in [5, 5.41) is 9.08. The SMILES string of the molecule is COc1cc(I)c(C(=O)O)c(OC)c1OC. The third kappa shape index (κ3) is 2.16. The largest absolute Gasteiger partial charge is 0.493 e. The zero-order chi connectivity index (χ0) is 12.3. The molecule has 0 atom stereocenters. The van der Waals surface area contributed by atoms with E-state index in [-0.39, 0.29) is 17.1 Å². The van der Waals surface area contributed by atoms with Gasteiger partial charge in [0.1, 0.15) is 5.56 Å². The molecule has 0 spiro atoms. The normalized spacial score (nSPS) is 9.75. The lowest BCUT2D eigenvalue weighted by Gasteiger charge is -2.15. The van der Waals surface area contributed by atoms with E-state index in [0.717, 1.165) is 0 Å². The van der Waals surface area contributed by atoms with Gasteiger partial charge in [-0.25, -0.2) is 4.79 Å². The van der Waals surface area contributed by atoms with Crippen LogP contribution in [0.4, 0.5) is 0 Å². The summed E-state index contributed by atoms with van der Waals surface area (Å²) >= 11 is 1.91. The molecule has 0 bridgehead atoms. The van der Waals surface area contributed by atoms with Crippen molar-refractivity contribution in [3.05, 3.63) is 15.2 Å². The first-order valence-electron chi connectivity index (χ1n) is 4.28. The maximum Gasteiger partial charge on any atom is 0.340 e. The van der Waals surface area contributed by atoms with E-state index in [1.165, 1.54) is 21.3 Å². The molecule has 0 unspecified atom stereocenters. The average molecular weight is 338 g/mol. The van der Waals surface area contributed by atoms with Gasteiger partial charge < -0.3 is 19.3 Å². The van der Waals surface area contributed by atoms with Gasteiger partial charge in [-0.05, 0) is 28.7 Å². The highest BCUT2D eigenvalue weighted by Gasteiger charge is 2.23. The van der Waals surface area contributed by atoms with E-state index in [0.29, 0.717) is 9.32 Å². The van der Waals surface area contributed by atoms with Gasteiger partial charge in [-0.15, -0.1) is 0 Å². The van der Waals surface area contributed by atoms with Crippen LogP contribution in [-0.2, 0) is 0 Å². The molecule has 16 heavy (non-hydrogen) atoms. The van der Waals surface area contributed by atoms with Crippen LogP contribution in [0, 0.1) is 3.57 Å². The second-order valence-electron chi connectivity index (χ2n) is 2.81. The Morgan fingerprint density at radius 3 is 2.12 bits per heavy atom. The van der Waals surface area contributed by atoms with E-state index >= 15 is 0 Å². The van der Waals surface area contributed by atoms with Gasteiger partial charge in [0.2, 0.25) is 5.75 Å². The predicted octanol–water partition coefficient (Wildman–Crippen LogP) is 2.02. The summed E-state index contributed by atoms with van der Waals surface area (Å²) in [7, 11) is 4.30. The predicted molar refractivity (Wildman–Crippen MR) is 65.8 cm³/mol. The van der Waals surface area contributed by atoms with Crippen molar-refractivity contribution >= 4 is 28.6 Å². The number of carbonyl (C=O) groups is 1. The van der Waals surface area contributed by atoms with Crippen molar-refractivity contribution in [2.75, 3.05) is 21.3 Å². The second-order valence-corrected chi connectivity index (χ2v) is 3.97. The van der Waals surface area contributed by atoms with Crippen LogP contribution in [0.5, 0.6) is 17.2 Å². The van der Waals surface area contributed by atoms with Crippen LogP contribution in [-0.4, -0.2) is 32.4 Å². The number of ether oxygens (including phenoxy) is 3. The molecule has 0 saturated heterocycles. The van der Waals surface area contributed by atoms with Gasteiger partial charge in [-0.3, -0.25) is 0 Å². The monoisotopic (exact) mass is 338 g/mol. The zero-order valence-corrected chi connectivity index (χ0v) is 11.2. The van der Waals surface area contributed by atoms with Gasteiger partial charge in [-0.1, -0.05) is 0 Å². The molecule has 0 amide bonds. The number of rotatable bonds is 4. The number of methoxy groups -OCH3 is 3. The number of carboxylic acids is 1. The van der Waals surface area contributed by atoms with Gasteiger partial charge in [-0.2, -0.15) is 0 Å². The minimum Gasteiger partial charge on any atom is -0.493 e. The summed E-state index contributed by atoms with van der Waals surface area (Å²) in [4.78, 5) is 11.1. The quantitative estimate of drug-likeness (QED) is 0.851. The third-order valence-corrected chi connectivity index (χ3v) is 2.85. The van der Waals surface area contributed by atoms with Gasteiger partial charge in [0, 0.05) is 3.57 Å². The molecule has 0 aliphatic rings. The summed E-state index contributed by atoms with van der Waals surface area (Å²) < 4.78 is 15.8. The second kappa shape index (κ2) is 5.24. The highest BCUT2D eigenvalue weighted by molar-refractivity contribution is 14.1. The summed E-state index contributed by atoms with van der Waals surface area (Å²) in [6, 6.07) is 1.59. The molecule has 0 aliphatic heterocycles. The molecule has 1 N–H and O–H groups in total. The molecule has 1 rings (SSSR count). The van der Waals surface area contributed by atoms with Crippen LogP contribution in [0.2, 0.25) is 0 Å². The molecule has 88 valence electrons. The highest BCUT2D eigenvalue weighted by Crippen LogP contribution is 2.42. The van der Waals surface area contributed by atoms with Gasteiger partial charge in [0.05, 0.1) is 21.3 Å². The van der Waals surface area contributed by atoms with E-state index in [1.807, 2.05) is 22.6 Å². The van der Waals surface area contributed by atoms with Crippen LogP contribution >= 0.6 is 22.6 Å². The van der Waals surface area contributed by atoms with E-state index in [1.54, 1.807) is 6.07 Å². The molecule has 0 aromatic heterocycles.